The van der Waals surface area contributed by atoms with Gasteiger partial charge in [0.25, 0.3) is 5.91 Å². The fourth-order valence-corrected chi connectivity index (χ4v) is 3.89. The van der Waals surface area contributed by atoms with Crippen molar-refractivity contribution in [3.8, 4) is 0 Å². The van der Waals surface area contributed by atoms with Crippen molar-refractivity contribution in [3.63, 3.8) is 0 Å². The number of benzene rings is 1. The maximum atomic E-state index is 12.5. The van der Waals surface area contributed by atoms with Crippen LogP contribution in [0.15, 0.2) is 35.1 Å². The van der Waals surface area contributed by atoms with Crippen LogP contribution in [0.2, 0.25) is 0 Å². The summed E-state index contributed by atoms with van der Waals surface area (Å²) in [7, 11) is 0. The fourth-order valence-electron chi connectivity index (χ4n) is 2.50. The first-order chi connectivity index (χ1) is 12.1. The Kier molecular flexibility index (Phi) is 4.39. The lowest BCUT2D eigenvalue weighted by atomic mass is 10.2. The maximum absolute atomic E-state index is 12.5. The Hall–Kier alpha value is -2.06. The highest BCUT2D eigenvalue weighted by atomic mass is 79.9. The predicted octanol–water partition coefficient (Wildman–Crippen LogP) is 3.98. The van der Waals surface area contributed by atoms with Gasteiger partial charge in [-0.25, -0.2) is 14.6 Å². The van der Waals surface area contributed by atoms with Crippen LogP contribution >= 0.6 is 27.3 Å². The van der Waals surface area contributed by atoms with Gasteiger partial charge in [0, 0.05) is 10.4 Å². The van der Waals surface area contributed by atoms with Gasteiger partial charge in [-0.15, -0.1) is 16.4 Å². The van der Waals surface area contributed by atoms with Gasteiger partial charge in [-0.2, -0.15) is 0 Å². The van der Waals surface area contributed by atoms with Crippen LogP contribution in [0.1, 0.15) is 44.7 Å². The Labute approximate surface area is 157 Å². The van der Waals surface area contributed by atoms with Gasteiger partial charge in [0.1, 0.15) is 11.2 Å². The van der Waals surface area contributed by atoms with Crippen LogP contribution in [0.4, 0.5) is 5.95 Å². The van der Waals surface area contributed by atoms with E-state index in [0.29, 0.717) is 23.3 Å². The quantitative estimate of drug-likeness (QED) is 0.680. The van der Waals surface area contributed by atoms with Gasteiger partial charge in [0.05, 0.1) is 17.2 Å². The van der Waals surface area contributed by atoms with E-state index in [1.165, 1.54) is 24.2 Å². The molecule has 3 aromatic rings. The summed E-state index contributed by atoms with van der Waals surface area (Å²) in [6, 6.07) is 8.01. The molecule has 0 aliphatic heterocycles. The molecule has 8 heteroatoms. The Morgan fingerprint density at radius 3 is 2.84 bits per heavy atom. The molecule has 0 unspecified atom stereocenters. The molecule has 0 atom stereocenters. The van der Waals surface area contributed by atoms with Crippen LogP contribution in [0, 0.1) is 6.92 Å². The average molecular weight is 418 g/mol. The summed E-state index contributed by atoms with van der Waals surface area (Å²) in [5, 5.41) is 8.16. The van der Waals surface area contributed by atoms with E-state index in [9.17, 15) is 4.79 Å². The number of carbonyl (C=O) groups excluding carboxylic acids is 1. The normalized spacial score (nSPS) is 13.8. The van der Waals surface area contributed by atoms with E-state index in [4.69, 9.17) is 0 Å². The van der Waals surface area contributed by atoms with Crippen molar-refractivity contribution in [2.75, 3.05) is 5.32 Å². The summed E-state index contributed by atoms with van der Waals surface area (Å²) in [5.41, 5.74) is 1.89. The number of halogens is 1. The predicted molar refractivity (Wildman–Crippen MR) is 100 cm³/mol. The number of aromatic nitrogens is 4. The number of thiazole rings is 1. The highest BCUT2D eigenvalue weighted by molar-refractivity contribution is 9.10. The van der Waals surface area contributed by atoms with Gasteiger partial charge in [0.2, 0.25) is 5.95 Å². The van der Waals surface area contributed by atoms with Crippen molar-refractivity contribution >= 4 is 39.1 Å². The number of nitrogens with one attached hydrogen (secondary N) is 1. The Bertz CT molecular complexity index is 914. The first kappa shape index (κ1) is 16.4. The summed E-state index contributed by atoms with van der Waals surface area (Å²) in [6.07, 6.45) is 3.97. The zero-order valence-electron chi connectivity index (χ0n) is 13.6. The van der Waals surface area contributed by atoms with Gasteiger partial charge in [-0.05, 0) is 37.5 Å². The van der Waals surface area contributed by atoms with Crippen LogP contribution in [-0.4, -0.2) is 25.7 Å². The minimum absolute atomic E-state index is 0.191. The van der Waals surface area contributed by atoms with Crippen molar-refractivity contribution in [2.24, 2.45) is 0 Å². The number of carbonyl (C=O) groups is 1. The Morgan fingerprint density at radius 2 is 2.12 bits per heavy atom. The second kappa shape index (κ2) is 6.68. The molecule has 1 N–H and O–H groups in total. The fraction of sp³-hybridized carbons (Fsp3) is 0.294. The van der Waals surface area contributed by atoms with Gasteiger partial charge < -0.3 is 0 Å². The molecule has 0 spiro atoms. The Balaban J connectivity index is 1.43. The summed E-state index contributed by atoms with van der Waals surface area (Å²) in [4.78, 5) is 21.8. The van der Waals surface area contributed by atoms with Crippen molar-refractivity contribution in [2.45, 2.75) is 32.2 Å². The second-order valence-electron chi connectivity index (χ2n) is 6.09. The molecule has 0 bridgehead atoms. The molecule has 4 rings (SSSR count). The zero-order chi connectivity index (χ0) is 17.4. The van der Waals surface area contributed by atoms with Crippen LogP contribution in [0.5, 0.6) is 0 Å². The average Bonchev–Trinajstić information content (AvgIpc) is 3.23. The SMILES string of the molecule is Cc1nc(C2CC2)sc1C(=O)Nc1ncn(Cc2ccc(Br)cc2)n1. The van der Waals surface area contributed by atoms with Crippen molar-refractivity contribution < 1.29 is 4.79 Å². The maximum Gasteiger partial charge on any atom is 0.270 e. The molecule has 0 radical (unpaired) electrons. The molecule has 2 aromatic heterocycles. The third kappa shape index (κ3) is 3.80. The van der Waals surface area contributed by atoms with E-state index in [1.807, 2.05) is 31.2 Å². The summed E-state index contributed by atoms with van der Waals surface area (Å²) >= 11 is 4.90. The molecule has 1 saturated carbocycles. The lowest BCUT2D eigenvalue weighted by molar-refractivity contribution is 0.102. The number of rotatable bonds is 5. The minimum atomic E-state index is -0.191. The van der Waals surface area contributed by atoms with E-state index >= 15 is 0 Å². The molecule has 25 heavy (non-hydrogen) atoms. The van der Waals surface area contributed by atoms with Crippen molar-refractivity contribution in [1.82, 2.24) is 19.7 Å². The van der Waals surface area contributed by atoms with Gasteiger partial charge in [0.15, 0.2) is 0 Å². The molecule has 6 nitrogen and oxygen atoms in total. The summed E-state index contributed by atoms with van der Waals surface area (Å²) in [6.45, 7) is 2.47. The van der Waals surface area contributed by atoms with Crippen molar-refractivity contribution in [1.29, 1.82) is 0 Å². The van der Waals surface area contributed by atoms with Gasteiger partial charge in [-0.3, -0.25) is 10.1 Å². The Morgan fingerprint density at radius 1 is 1.36 bits per heavy atom. The molecule has 1 aliphatic carbocycles. The number of anilines is 1. The lowest BCUT2D eigenvalue weighted by Gasteiger charge is -2.01. The monoisotopic (exact) mass is 417 g/mol. The van der Waals surface area contributed by atoms with Crippen LogP contribution in [0.25, 0.3) is 0 Å². The number of nitrogens with zero attached hydrogens (tertiary/aromatic N) is 4. The number of aryl methyl sites for hydroxylation is 1. The molecule has 128 valence electrons. The zero-order valence-corrected chi connectivity index (χ0v) is 16.0. The van der Waals surface area contributed by atoms with E-state index in [2.05, 4.69) is 36.3 Å². The summed E-state index contributed by atoms with van der Waals surface area (Å²) < 4.78 is 2.74. The highest BCUT2D eigenvalue weighted by Gasteiger charge is 2.29. The van der Waals surface area contributed by atoms with Crippen LogP contribution in [-0.2, 0) is 6.54 Å². The molecule has 1 aliphatic rings. The largest absolute Gasteiger partial charge is 0.288 e. The molecule has 0 saturated heterocycles. The van der Waals surface area contributed by atoms with E-state index in [1.54, 1.807) is 11.0 Å². The smallest absolute Gasteiger partial charge is 0.270 e. The molecule has 2 heterocycles. The molecular formula is C17H16BrN5OS. The summed E-state index contributed by atoms with van der Waals surface area (Å²) in [5.74, 6) is 0.666. The standard InChI is InChI=1S/C17H16BrN5OS/c1-10-14(25-16(20-10)12-4-5-12)15(24)21-17-19-9-23(22-17)8-11-2-6-13(18)7-3-11/h2-3,6-7,9,12H,4-5,8H2,1H3,(H,21,22,24). The number of hydrogen-bond acceptors (Lipinski definition) is 5. The van der Waals surface area contributed by atoms with Crippen LogP contribution in [0.3, 0.4) is 0 Å². The lowest BCUT2D eigenvalue weighted by Crippen LogP contribution is -2.13. The number of amides is 1. The molecule has 1 fully saturated rings. The first-order valence-corrected chi connectivity index (χ1v) is 9.62. The molecule has 1 aromatic carbocycles. The third-order valence-corrected chi connectivity index (χ3v) is 5.81. The second-order valence-corrected chi connectivity index (χ2v) is 8.03. The van der Waals surface area contributed by atoms with E-state index in [-0.39, 0.29) is 5.91 Å². The molecule has 1 amide bonds. The number of hydrogen-bond donors (Lipinski definition) is 1. The van der Waals surface area contributed by atoms with Gasteiger partial charge >= 0.3 is 0 Å². The van der Waals surface area contributed by atoms with Crippen LogP contribution < -0.4 is 5.32 Å². The van der Waals surface area contributed by atoms with Gasteiger partial charge in [-0.1, -0.05) is 28.1 Å². The third-order valence-electron chi connectivity index (χ3n) is 3.97. The minimum Gasteiger partial charge on any atom is -0.288 e. The van der Waals surface area contributed by atoms with E-state index in [0.717, 1.165) is 20.7 Å². The highest BCUT2D eigenvalue weighted by Crippen LogP contribution is 2.42. The van der Waals surface area contributed by atoms with E-state index < -0.39 is 0 Å². The molecular weight excluding hydrogens is 402 g/mol. The van der Waals surface area contributed by atoms with Crippen molar-refractivity contribution in [3.05, 3.63) is 56.2 Å². The topological polar surface area (TPSA) is 72.7 Å². The first-order valence-electron chi connectivity index (χ1n) is 8.01.